The number of hydrogen-bond donors (Lipinski definition) is 1. The number of sulfonamides is 1. The van der Waals surface area contributed by atoms with Gasteiger partial charge in [-0.05, 0) is 30.3 Å². The number of amides is 1. The van der Waals surface area contributed by atoms with E-state index in [9.17, 15) is 17.6 Å². The first kappa shape index (κ1) is 20.9. The van der Waals surface area contributed by atoms with Gasteiger partial charge in [0.2, 0.25) is 5.91 Å². The molecular weight excluding hydrogens is 403 g/mol. The van der Waals surface area contributed by atoms with E-state index in [0.29, 0.717) is 24.7 Å². The summed E-state index contributed by atoms with van der Waals surface area (Å²) in [5.74, 6) is -0.442. The molecule has 10 heteroatoms. The first-order valence-electron chi connectivity index (χ1n) is 8.85. The second-order valence-electron chi connectivity index (χ2n) is 6.14. The summed E-state index contributed by atoms with van der Waals surface area (Å²) in [6.45, 7) is 0.642. The fourth-order valence-corrected chi connectivity index (χ4v) is 4.17. The third-order valence-corrected chi connectivity index (χ3v) is 5.88. The number of halogens is 1. The van der Waals surface area contributed by atoms with E-state index in [0.717, 1.165) is 10.4 Å². The number of fused-ring (bicyclic) bond motifs is 1. The Hall–Kier alpha value is -2.85. The van der Waals surface area contributed by atoms with Gasteiger partial charge in [0.25, 0.3) is 10.0 Å². The molecule has 8 nitrogen and oxygen atoms in total. The van der Waals surface area contributed by atoms with Crippen molar-refractivity contribution in [3.63, 3.8) is 0 Å². The highest BCUT2D eigenvalue weighted by atomic mass is 32.2. The molecule has 1 heterocycles. The molecule has 0 atom stereocenters. The normalized spacial score (nSPS) is 13.0. The van der Waals surface area contributed by atoms with Crippen molar-refractivity contribution in [3.05, 3.63) is 48.3 Å². The van der Waals surface area contributed by atoms with Gasteiger partial charge in [0.1, 0.15) is 25.6 Å². The van der Waals surface area contributed by atoms with Crippen LogP contribution >= 0.6 is 0 Å². The zero-order valence-electron chi connectivity index (χ0n) is 15.8. The van der Waals surface area contributed by atoms with Gasteiger partial charge in [-0.15, -0.1) is 0 Å². The first-order chi connectivity index (χ1) is 13.9. The lowest BCUT2D eigenvalue weighted by Gasteiger charge is -2.25. The third-order valence-electron chi connectivity index (χ3n) is 4.11. The molecule has 0 radical (unpaired) electrons. The molecular formula is C19H21FN2O6S. The molecule has 29 heavy (non-hydrogen) atoms. The van der Waals surface area contributed by atoms with Gasteiger partial charge in [-0.2, -0.15) is 0 Å². The van der Waals surface area contributed by atoms with E-state index < -0.39 is 28.3 Å². The molecule has 156 valence electrons. The van der Waals surface area contributed by atoms with E-state index in [-0.39, 0.29) is 23.7 Å². The number of anilines is 1. The van der Waals surface area contributed by atoms with Crippen LogP contribution in [-0.4, -0.2) is 54.3 Å². The number of benzene rings is 2. The minimum Gasteiger partial charge on any atom is -0.486 e. The quantitative estimate of drug-likeness (QED) is 0.647. The number of nitrogens with one attached hydrogen (secondary N) is 1. The Morgan fingerprint density at radius 1 is 1.17 bits per heavy atom. The minimum atomic E-state index is -4.19. The summed E-state index contributed by atoms with van der Waals surface area (Å²) in [7, 11) is -2.71. The fourth-order valence-electron chi connectivity index (χ4n) is 2.74. The van der Waals surface area contributed by atoms with Crippen LogP contribution in [0.4, 0.5) is 10.1 Å². The highest BCUT2D eigenvalue weighted by Crippen LogP contribution is 2.34. The summed E-state index contributed by atoms with van der Waals surface area (Å²) in [5.41, 5.74) is 0.0294. The zero-order chi connectivity index (χ0) is 20.9. The topological polar surface area (TPSA) is 94.2 Å². The fraction of sp³-hybridized carbons (Fsp3) is 0.316. The molecule has 1 aliphatic heterocycles. The van der Waals surface area contributed by atoms with Gasteiger partial charge in [-0.3, -0.25) is 9.10 Å². The van der Waals surface area contributed by atoms with E-state index in [2.05, 4.69) is 5.32 Å². The SMILES string of the molecule is COCCNC(=O)CN(c1cccc(F)c1)S(=O)(=O)c1ccc2c(c1)OCCO2. The summed E-state index contributed by atoms with van der Waals surface area (Å²) in [5, 5.41) is 2.56. The van der Waals surface area contributed by atoms with Crippen molar-refractivity contribution >= 4 is 21.6 Å². The summed E-state index contributed by atoms with van der Waals surface area (Å²) >= 11 is 0. The van der Waals surface area contributed by atoms with Gasteiger partial charge in [0.15, 0.2) is 11.5 Å². The van der Waals surface area contributed by atoms with Crippen LogP contribution in [0.3, 0.4) is 0 Å². The van der Waals surface area contributed by atoms with Crippen LogP contribution in [0.25, 0.3) is 0 Å². The lowest BCUT2D eigenvalue weighted by Crippen LogP contribution is -2.41. The van der Waals surface area contributed by atoms with Crippen LogP contribution in [-0.2, 0) is 19.6 Å². The Balaban J connectivity index is 1.94. The number of carbonyl (C=O) groups is 1. The molecule has 2 aromatic rings. The highest BCUT2D eigenvalue weighted by Gasteiger charge is 2.29. The van der Waals surface area contributed by atoms with E-state index in [4.69, 9.17) is 14.2 Å². The summed E-state index contributed by atoms with van der Waals surface area (Å²) < 4.78 is 56.9. The van der Waals surface area contributed by atoms with Gasteiger partial charge in [-0.25, -0.2) is 12.8 Å². The number of nitrogens with zero attached hydrogens (tertiary/aromatic N) is 1. The molecule has 1 aliphatic rings. The van der Waals surface area contributed by atoms with Crippen LogP contribution in [0.2, 0.25) is 0 Å². The maximum atomic E-state index is 13.8. The number of carbonyl (C=O) groups excluding carboxylic acids is 1. The predicted molar refractivity (Wildman–Crippen MR) is 103 cm³/mol. The van der Waals surface area contributed by atoms with Gasteiger partial charge in [0.05, 0.1) is 17.2 Å². The largest absolute Gasteiger partial charge is 0.486 e. The van der Waals surface area contributed by atoms with Crippen molar-refractivity contribution in [2.45, 2.75) is 4.90 Å². The van der Waals surface area contributed by atoms with Crippen LogP contribution in [0, 0.1) is 5.82 Å². The Labute approximate surface area is 168 Å². The second-order valence-corrected chi connectivity index (χ2v) is 8.00. The maximum absolute atomic E-state index is 13.8. The molecule has 0 saturated heterocycles. The predicted octanol–water partition coefficient (Wildman–Crippen LogP) is 1.55. The van der Waals surface area contributed by atoms with Crippen molar-refractivity contribution in [2.75, 3.05) is 44.3 Å². The van der Waals surface area contributed by atoms with E-state index in [1.807, 2.05) is 0 Å². The molecule has 0 spiro atoms. The minimum absolute atomic E-state index is 0.0294. The lowest BCUT2D eigenvalue weighted by molar-refractivity contribution is -0.119. The van der Waals surface area contributed by atoms with Crippen molar-refractivity contribution in [1.82, 2.24) is 5.32 Å². The first-order valence-corrected chi connectivity index (χ1v) is 10.3. The molecule has 0 fully saturated rings. The summed E-state index contributed by atoms with van der Waals surface area (Å²) in [4.78, 5) is 12.2. The number of rotatable bonds is 8. The average Bonchev–Trinajstić information content (AvgIpc) is 2.71. The zero-order valence-corrected chi connectivity index (χ0v) is 16.6. The second kappa shape index (κ2) is 9.10. The Bertz CT molecular complexity index is 982. The smallest absolute Gasteiger partial charge is 0.264 e. The average molecular weight is 424 g/mol. The molecule has 1 N–H and O–H groups in total. The van der Waals surface area contributed by atoms with Gasteiger partial charge in [0, 0.05) is 19.7 Å². The molecule has 0 aliphatic carbocycles. The standard InChI is InChI=1S/C19H21FN2O6S/c1-26-8-7-21-19(23)13-22(15-4-2-3-14(20)11-15)29(24,25)16-5-6-17-18(12-16)28-10-9-27-17/h2-6,11-12H,7-10,13H2,1H3,(H,21,23). The van der Waals surface area contributed by atoms with Crippen molar-refractivity contribution < 1.29 is 31.8 Å². The van der Waals surface area contributed by atoms with E-state index in [1.54, 1.807) is 0 Å². The molecule has 2 aromatic carbocycles. The summed E-state index contributed by atoms with van der Waals surface area (Å²) in [6, 6.07) is 9.22. The molecule has 1 amide bonds. The van der Waals surface area contributed by atoms with Crippen molar-refractivity contribution in [3.8, 4) is 11.5 Å². The Kier molecular flexibility index (Phi) is 6.55. The molecule has 0 aromatic heterocycles. The third kappa shape index (κ3) is 4.96. The van der Waals surface area contributed by atoms with Crippen molar-refractivity contribution in [1.29, 1.82) is 0 Å². The molecule has 0 bridgehead atoms. The number of methoxy groups -OCH3 is 1. The molecule has 0 saturated carbocycles. The molecule has 3 rings (SSSR count). The monoisotopic (exact) mass is 424 g/mol. The van der Waals surface area contributed by atoms with Crippen LogP contribution in [0.15, 0.2) is 47.4 Å². The van der Waals surface area contributed by atoms with Crippen LogP contribution in [0.1, 0.15) is 0 Å². The van der Waals surface area contributed by atoms with Gasteiger partial charge >= 0.3 is 0 Å². The van der Waals surface area contributed by atoms with E-state index >= 15 is 0 Å². The maximum Gasteiger partial charge on any atom is 0.264 e. The van der Waals surface area contributed by atoms with Gasteiger partial charge in [-0.1, -0.05) is 6.07 Å². The number of ether oxygens (including phenoxy) is 3. The highest BCUT2D eigenvalue weighted by molar-refractivity contribution is 7.92. The van der Waals surface area contributed by atoms with Crippen LogP contribution < -0.4 is 19.1 Å². The Morgan fingerprint density at radius 2 is 1.93 bits per heavy atom. The number of hydrogen-bond acceptors (Lipinski definition) is 6. The van der Waals surface area contributed by atoms with Crippen LogP contribution in [0.5, 0.6) is 11.5 Å². The lowest BCUT2D eigenvalue weighted by atomic mass is 10.3. The summed E-state index contributed by atoms with van der Waals surface area (Å²) in [6.07, 6.45) is 0. The molecule has 0 unspecified atom stereocenters. The van der Waals surface area contributed by atoms with E-state index in [1.165, 1.54) is 43.5 Å². The van der Waals surface area contributed by atoms with Crippen molar-refractivity contribution in [2.24, 2.45) is 0 Å². The Morgan fingerprint density at radius 3 is 2.66 bits per heavy atom. The van der Waals surface area contributed by atoms with Gasteiger partial charge < -0.3 is 19.5 Å².